The molecule has 0 unspecified atom stereocenters. The molecule has 0 atom stereocenters. The Morgan fingerprint density at radius 3 is 2.40 bits per heavy atom. The molecule has 4 heteroatoms. The van der Waals surface area contributed by atoms with Crippen molar-refractivity contribution in [3.8, 4) is 0 Å². The monoisotopic (exact) mass is 327 g/mol. The molecule has 1 nitrogen and oxygen atoms in total. The first-order valence-electron chi connectivity index (χ1n) is 2.59. The van der Waals surface area contributed by atoms with Crippen molar-refractivity contribution in [1.82, 2.24) is 4.98 Å². The van der Waals surface area contributed by atoms with Gasteiger partial charge >= 0.3 is 0 Å². The van der Waals surface area contributed by atoms with E-state index in [2.05, 4.69) is 52.8 Å². The van der Waals surface area contributed by atoms with Crippen LogP contribution in [0.4, 0.5) is 0 Å². The van der Waals surface area contributed by atoms with Gasteiger partial charge in [0.15, 0.2) is 0 Å². The van der Waals surface area contributed by atoms with Gasteiger partial charge in [0.2, 0.25) is 0 Å². The summed E-state index contributed by atoms with van der Waals surface area (Å²) in [7, 11) is 0. The molecule has 0 spiro atoms. The van der Waals surface area contributed by atoms with E-state index in [0.717, 1.165) is 19.2 Å². The number of nitrogens with zero attached hydrogens (tertiary/aromatic N) is 1. The van der Waals surface area contributed by atoms with Crippen molar-refractivity contribution < 1.29 is 0 Å². The van der Waals surface area contributed by atoms with Crippen molar-refractivity contribution >= 4 is 47.8 Å². The number of hydrogen-bond acceptors (Lipinski definition) is 1. The highest BCUT2D eigenvalue weighted by Crippen LogP contribution is 2.25. The summed E-state index contributed by atoms with van der Waals surface area (Å²) in [5.41, 5.74) is 1.11. The molecular formula is C6H4Br3N. The smallest absolute Gasteiger partial charge is 0.111 e. The minimum Gasteiger partial charge on any atom is -0.234 e. The Kier molecular flexibility index (Phi) is 2.89. The van der Waals surface area contributed by atoms with E-state index in [0.29, 0.717) is 0 Å². The molecule has 0 bridgehead atoms. The summed E-state index contributed by atoms with van der Waals surface area (Å²) in [6.45, 7) is 1.99. The molecule has 54 valence electrons. The van der Waals surface area contributed by atoms with Gasteiger partial charge in [0.1, 0.15) is 9.21 Å². The van der Waals surface area contributed by atoms with Crippen molar-refractivity contribution in [3.05, 3.63) is 25.3 Å². The van der Waals surface area contributed by atoms with Gasteiger partial charge in [-0.1, -0.05) is 15.9 Å². The molecule has 0 fully saturated rings. The van der Waals surface area contributed by atoms with Gasteiger partial charge in [-0.25, -0.2) is 4.98 Å². The van der Waals surface area contributed by atoms with Gasteiger partial charge in [0.25, 0.3) is 0 Å². The molecule has 0 saturated heterocycles. The van der Waals surface area contributed by atoms with Gasteiger partial charge in [-0.2, -0.15) is 0 Å². The highest BCUT2D eigenvalue weighted by molar-refractivity contribution is 9.11. The zero-order valence-corrected chi connectivity index (χ0v) is 9.92. The Morgan fingerprint density at radius 1 is 1.30 bits per heavy atom. The largest absolute Gasteiger partial charge is 0.234 e. The first-order valence-corrected chi connectivity index (χ1v) is 4.97. The lowest BCUT2D eigenvalue weighted by Crippen LogP contribution is -1.83. The minimum atomic E-state index is 0.830. The quantitative estimate of drug-likeness (QED) is 0.662. The number of halogens is 3. The third kappa shape index (κ3) is 1.80. The first kappa shape index (κ1) is 8.68. The number of pyridine rings is 1. The van der Waals surface area contributed by atoms with Crippen LogP contribution in [0.2, 0.25) is 0 Å². The van der Waals surface area contributed by atoms with Crippen molar-refractivity contribution in [1.29, 1.82) is 0 Å². The molecule has 0 N–H and O–H groups in total. The van der Waals surface area contributed by atoms with Crippen molar-refractivity contribution in [2.24, 2.45) is 0 Å². The van der Waals surface area contributed by atoms with Crippen LogP contribution in [0, 0.1) is 6.92 Å². The average molecular weight is 330 g/mol. The fourth-order valence-electron chi connectivity index (χ4n) is 0.521. The molecule has 1 rings (SSSR count). The van der Waals surface area contributed by atoms with E-state index < -0.39 is 0 Å². The van der Waals surface area contributed by atoms with E-state index in [1.807, 2.05) is 13.0 Å². The molecule has 0 aliphatic carbocycles. The van der Waals surface area contributed by atoms with Crippen LogP contribution < -0.4 is 0 Å². The first-order chi connectivity index (χ1) is 4.61. The van der Waals surface area contributed by atoms with Crippen molar-refractivity contribution in [3.63, 3.8) is 0 Å². The maximum atomic E-state index is 4.14. The average Bonchev–Trinajstić information content (AvgIpc) is 1.82. The highest BCUT2D eigenvalue weighted by atomic mass is 79.9. The zero-order chi connectivity index (χ0) is 7.72. The SMILES string of the molecule is Cc1c(Br)cc(Br)nc1Br. The molecule has 0 aromatic carbocycles. The molecule has 1 aromatic heterocycles. The Bertz CT molecular complexity index is 236. The Labute approximate surface area is 84.6 Å². The number of hydrogen-bond donors (Lipinski definition) is 0. The van der Waals surface area contributed by atoms with Crippen molar-refractivity contribution in [2.75, 3.05) is 0 Å². The Morgan fingerprint density at radius 2 is 1.90 bits per heavy atom. The van der Waals surface area contributed by atoms with E-state index in [9.17, 15) is 0 Å². The fourth-order valence-corrected chi connectivity index (χ4v) is 2.55. The van der Waals surface area contributed by atoms with E-state index in [1.165, 1.54) is 0 Å². The van der Waals surface area contributed by atoms with Gasteiger partial charge < -0.3 is 0 Å². The topological polar surface area (TPSA) is 12.9 Å². The molecule has 0 radical (unpaired) electrons. The third-order valence-corrected chi connectivity index (χ3v) is 3.12. The summed E-state index contributed by atoms with van der Waals surface area (Å²) in [6.07, 6.45) is 0. The van der Waals surface area contributed by atoms with E-state index in [4.69, 9.17) is 0 Å². The molecule has 1 heterocycles. The standard InChI is InChI=1S/C6H4Br3N/c1-3-4(7)2-5(8)10-6(3)9/h2H,1H3. The number of aromatic nitrogens is 1. The lowest BCUT2D eigenvalue weighted by Gasteiger charge is -1.99. The van der Waals surface area contributed by atoms with Crippen LogP contribution in [0.15, 0.2) is 19.7 Å². The van der Waals surface area contributed by atoms with Crippen LogP contribution in [-0.4, -0.2) is 4.98 Å². The van der Waals surface area contributed by atoms with Crippen LogP contribution in [0.1, 0.15) is 5.56 Å². The molecule has 1 aromatic rings. The lowest BCUT2D eigenvalue weighted by atomic mass is 10.3. The molecule has 0 saturated carbocycles. The fraction of sp³-hybridized carbons (Fsp3) is 0.167. The molecule has 10 heavy (non-hydrogen) atoms. The normalized spacial score (nSPS) is 10.0. The van der Waals surface area contributed by atoms with Crippen molar-refractivity contribution in [2.45, 2.75) is 6.92 Å². The number of rotatable bonds is 0. The van der Waals surface area contributed by atoms with E-state index in [-0.39, 0.29) is 0 Å². The van der Waals surface area contributed by atoms with Gasteiger partial charge in [0, 0.05) is 4.47 Å². The maximum absolute atomic E-state index is 4.14. The molecule has 0 aliphatic rings. The van der Waals surface area contributed by atoms with Gasteiger partial charge in [-0.05, 0) is 50.4 Å². The molecular weight excluding hydrogens is 326 g/mol. The van der Waals surface area contributed by atoms with Crippen LogP contribution in [0.5, 0.6) is 0 Å². The lowest BCUT2D eigenvalue weighted by molar-refractivity contribution is 1.17. The van der Waals surface area contributed by atoms with E-state index in [1.54, 1.807) is 0 Å². The summed E-state index contributed by atoms with van der Waals surface area (Å²) in [5.74, 6) is 0. The van der Waals surface area contributed by atoms with E-state index >= 15 is 0 Å². The predicted octanol–water partition coefficient (Wildman–Crippen LogP) is 3.68. The minimum absolute atomic E-state index is 0.830. The van der Waals surface area contributed by atoms with Crippen LogP contribution in [0.25, 0.3) is 0 Å². The Balaban J connectivity index is 3.31. The summed E-state index contributed by atoms with van der Waals surface area (Å²) in [6, 6.07) is 1.92. The highest BCUT2D eigenvalue weighted by Gasteiger charge is 2.01. The summed E-state index contributed by atoms with van der Waals surface area (Å²) in [5, 5.41) is 0. The second-order valence-electron chi connectivity index (χ2n) is 1.84. The summed E-state index contributed by atoms with van der Waals surface area (Å²) < 4.78 is 2.76. The van der Waals surface area contributed by atoms with Gasteiger partial charge in [-0.15, -0.1) is 0 Å². The summed E-state index contributed by atoms with van der Waals surface area (Å²) >= 11 is 10.00. The third-order valence-electron chi connectivity index (χ3n) is 1.12. The Hall–Kier alpha value is 0.590. The van der Waals surface area contributed by atoms with Crippen LogP contribution >= 0.6 is 47.8 Å². The van der Waals surface area contributed by atoms with Crippen LogP contribution in [-0.2, 0) is 0 Å². The van der Waals surface area contributed by atoms with Crippen LogP contribution in [0.3, 0.4) is 0 Å². The second kappa shape index (κ2) is 3.32. The zero-order valence-electron chi connectivity index (χ0n) is 5.16. The molecule has 0 aliphatic heterocycles. The van der Waals surface area contributed by atoms with Gasteiger partial charge in [0.05, 0.1) is 0 Å². The van der Waals surface area contributed by atoms with Gasteiger partial charge in [-0.3, -0.25) is 0 Å². The molecule has 0 amide bonds. The maximum Gasteiger partial charge on any atom is 0.111 e. The summed E-state index contributed by atoms with van der Waals surface area (Å²) in [4.78, 5) is 4.14. The predicted molar refractivity (Wildman–Crippen MR) is 52.1 cm³/mol. The second-order valence-corrected chi connectivity index (χ2v) is 4.26.